The first-order valence-corrected chi connectivity index (χ1v) is 10.9. The van der Waals surface area contributed by atoms with Crippen molar-refractivity contribution in [2.75, 3.05) is 16.8 Å². The summed E-state index contributed by atoms with van der Waals surface area (Å²) >= 11 is 0. The number of fused-ring (bicyclic) bond motifs is 1. The number of aryl methyl sites for hydroxylation is 1. The monoisotopic (exact) mass is 432 g/mol. The first kappa shape index (κ1) is 21.7. The zero-order valence-corrected chi connectivity index (χ0v) is 18.8. The van der Waals surface area contributed by atoms with Crippen molar-refractivity contribution in [3.8, 4) is 5.75 Å². The van der Waals surface area contributed by atoms with Crippen LogP contribution in [0.2, 0.25) is 0 Å². The Bertz CT molecular complexity index is 1130. The molecule has 0 bridgehead atoms. The van der Waals surface area contributed by atoms with Gasteiger partial charge in [-0.1, -0.05) is 19.9 Å². The van der Waals surface area contributed by atoms with Crippen molar-refractivity contribution in [1.29, 1.82) is 0 Å². The maximum Gasteiger partial charge on any atom is 0.265 e. The fourth-order valence-corrected chi connectivity index (χ4v) is 4.10. The van der Waals surface area contributed by atoms with Gasteiger partial charge < -0.3 is 19.4 Å². The van der Waals surface area contributed by atoms with Gasteiger partial charge in [0, 0.05) is 17.9 Å². The lowest BCUT2D eigenvalue weighted by molar-refractivity contribution is -0.122. The van der Waals surface area contributed by atoms with Gasteiger partial charge in [-0.05, 0) is 79.3 Å². The first-order valence-electron chi connectivity index (χ1n) is 10.9. The molecule has 1 atom stereocenters. The average molecular weight is 433 g/mol. The number of nitrogens with one attached hydrogen (secondary N) is 1. The number of anilines is 2. The summed E-state index contributed by atoms with van der Waals surface area (Å²) in [4.78, 5) is 27.1. The standard InChI is InChI=1S/C26H28N2O4/c1-16(2)23-7-6-22(13-17(23)3)32-18(4)25(29)27-21-5-8-24-19(14-21)9-11-28(24)26(30)20-10-12-31-15-20/h5-8,10,12-16,18H,9,11H2,1-4H3,(H,27,29). The summed E-state index contributed by atoms with van der Waals surface area (Å²) in [5, 5.41) is 2.93. The molecule has 2 aromatic carbocycles. The number of carbonyl (C=O) groups is 2. The summed E-state index contributed by atoms with van der Waals surface area (Å²) in [5.41, 5.74) is 5.52. The van der Waals surface area contributed by atoms with E-state index in [1.807, 2.05) is 30.3 Å². The highest BCUT2D eigenvalue weighted by Crippen LogP contribution is 2.32. The van der Waals surface area contributed by atoms with E-state index in [0.29, 0.717) is 29.5 Å². The Labute approximate surface area is 188 Å². The van der Waals surface area contributed by atoms with Crippen molar-refractivity contribution >= 4 is 23.2 Å². The Morgan fingerprint density at radius 2 is 1.91 bits per heavy atom. The van der Waals surface area contributed by atoms with Gasteiger partial charge in [0.15, 0.2) is 6.10 Å². The molecule has 32 heavy (non-hydrogen) atoms. The zero-order valence-electron chi connectivity index (χ0n) is 18.8. The number of rotatable bonds is 6. The van der Waals surface area contributed by atoms with E-state index in [0.717, 1.165) is 23.2 Å². The van der Waals surface area contributed by atoms with Crippen LogP contribution in [0, 0.1) is 6.92 Å². The molecule has 1 unspecified atom stereocenters. The van der Waals surface area contributed by atoms with Crippen molar-refractivity contribution < 1.29 is 18.7 Å². The van der Waals surface area contributed by atoms with Gasteiger partial charge in [-0.2, -0.15) is 0 Å². The number of hydrogen-bond donors (Lipinski definition) is 1. The smallest absolute Gasteiger partial charge is 0.265 e. The number of hydrogen-bond acceptors (Lipinski definition) is 4. The molecule has 0 aliphatic carbocycles. The second-order valence-corrected chi connectivity index (χ2v) is 8.48. The summed E-state index contributed by atoms with van der Waals surface area (Å²) in [6, 6.07) is 13.2. The van der Waals surface area contributed by atoms with Crippen LogP contribution in [-0.4, -0.2) is 24.5 Å². The second-order valence-electron chi connectivity index (χ2n) is 8.48. The van der Waals surface area contributed by atoms with Crippen LogP contribution in [-0.2, 0) is 11.2 Å². The lowest BCUT2D eigenvalue weighted by Gasteiger charge is -2.18. The van der Waals surface area contributed by atoms with E-state index in [4.69, 9.17) is 9.15 Å². The number of ether oxygens (including phenoxy) is 1. The van der Waals surface area contributed by atoms with Gasteiger partial charge in [-0.25, -0.2) is 0 Å². The molecule has 0 radical (unpaired) electrons. The minimum Gasteiger partial charge on any atom is -0.481 e. The Morgan fingerprint density at radius 1 is 1.09 bits per heavy atom. The number of nitrogens with zero attached hydrogens (tertiary/aromatic N) is 1. The number of carbonyl (C=O) groups excluding carboxylic acids is 2. The van der Waals surface area contributed by atoms with Crippen LogP contribution in [0.1, 0.15) is 53.7 Å². The van der Waals surface area contributed by atoms with Gasteiger partial charge in [-0.15, -0.1) is 0 Å². The molecule has 166 valence electrons. The average Bonchev–Trinajstić information content (AvgIpc) is 3.43. The Kier molecular flexibility index (Phi) is 6.04. The molecule has 4 rings (SSSR count). The maximum absolute atomic E-state index is 12.7. The van der Waals surface area contributed by atoms with Crippen molar-refractivity contribution in [3.63, 3.8) is 0 Å². The molecule has 3 aromatic rings. The molecule has 0 spiro atoms. The maximum atomic E-state index is 12.7. The SMILES string of the molecule is Cc1cc(OC(C)C(=O)Nc2ccc3c(c2)CCN3C(=O)c2ccoc2)ccc1C(C)C. The summed E-state index contributed by atoms with van der Waals surface area (Å²) in [6.07, 6.45) is 3.03. The van der Waals surface area contributed by atoms with E-state index < -0.39 is 6.10 Å². The van der Waals surface area contributed by atoms with Crippen molar-refractivity contribution in [3.05, 3.63) is 77.2 Å². The number of amides is 2. The fourth-order valence-electron chi connectivity index (χ4n) is 4.10. The molecule has 6 heteroatoms. The van der Waals surface area contributed by atoms with Crippen LogP contribution in [0.5, 0.6) is 5.75 Å². The molecule has 1 N–H and O–H groups in total. The largest absolute Gasteiger partial charge is 0.481 e. The second kappa shape index (κ2) is 8.91. The molecule has 2 heterocycles. The highest BCUT2D eigenvalue weighted by atomic mass is 16.5. The highest BCUT2D eigenvalue weighted by molar-refractivity contribution is 6.07. The van der Waals surface area contributed by atoms with Crippen molar-refractivity contribution in [1.82, 2.24) is 0 Å². The third-order valence-electron chi connectivity index (χ3n) is 5.80. The molecular weight excluding hydrogens is 404 g/mol. The van der Waals surface area contributed by atoms with Crippen molar-refractivity contribution in [2.45, 2.75) is 46.1 Å². The van der Waals surface area contributed by atoms with E-state index in [9.17, 15) is 9.59 Å². The minimum absolute atomic E-state index is 0.0879. The van der Waals surface area contributed by atoms with Gasteiger partial charge in [0.1, 0.15) is 12.0 Å². The van der Waals surface area contributed by atoms with Crippen molar-refractivity contribution in [2.24, 2.45) is 0 Å². The Hall–Kier alpha value is -3.54. The van der Waals surface area contributed by atoms with Gasteiger partial charge >= 0.3 is 0 Å². The number of furan rings is 1. The predicted octanol–water partition coefficient (Wildman–Crippen LogP) is 5.32. The lowest BCUT2D eigenvalue weighted by atomic mass is 9.98. The molecule has 1 aliphatic heterocycles. The van der Waals surface area contributed by atoms with Crippen LogP contribution < -0.4 is 15.0 Å². The van der Waals surface area contributed by atoms with E-state index in [1.54, 1.807) is 17.9 Å². The lowest BCUT2D eigenvalue weighted by Crippen LogP contribution is -2.30. The molecule has 1 aromatic heterocycles. The molecule has 1 aliphatic rings. The summed E-state index contributed by atoms with van der Waals surface area (Å²) in [7, 11) is 0. The molecule has 6 nitrogen and oxygen atoms in total. The topological polar surface area (TPSA) is 71.8 Å². The van der Waals surface area contributed by atoms with Crippen LogP contribution in [0.15, 0.2) is 59.4 Å². The molecular formula is C26H28N2O4. The predicted molar refractivity (Wildman–Crippen MR) is 125 cm³/mol. The van der Waals surface area contributed by atoms with E-state index in [1.165, 1.54) is 18.1 Å². The third-order valence-corrected chi connectivity index (χ3v) is 5.80. The molecule has 2 amide bonds. The summed E-state index contributed by atoms with van der Waals surface area (Å²) in [5.74, 6) is 0.808. The third kappa shape index (κ3) is 4.40. The number of benzene rings is 2. The summed E-state index contributed by atoms with van der Waals surface area (Å²) < 4.78 is 10.9. The molecule has 0 saturated heterocycles. The molecule has 0 saturated carbocycles. The summed E-state index contributed by atoms with van der Waals surface area (Å²) in [6.45, 7) is 8.70. The minimum atomic E-state index is -0.647. The van der Waals surface area contributed by atoms with Gasteiger partial charge in [0.05, 0.1) is 11.8 Å². The highest BCUT2D eigenvalue weighted by Gasteiger charge is 2.26. The first-order chi connectivity index (χ1) is 15.3. The fraction of sp³-hybridized carbons (Fsp3) is 0.308. The van der Waals surface area contributed by atoms with Crippen LogP contribution in [0.25, 0.3) is 0 Å². The van der Waals surface area contributed by atoms with Gasteiger partial charge in [0.25, 0.3) is 11.8 Å². The quantitative estimate of drug-likeness (QED) is 0.572. The van der Waals surface area contributed by atoms with E-state index in [-0.39, 0.29) is 11.8 Å². The van der Waals surface area contributed by atoms with E-state index in [2.05, 4.69) is 32.2 Å². The van der Waals surface area contributed by atoms with Gasteiger partial charge in [0.2, 0.25) is 0 Å². The Balaban J connectivity index is 1.41. The van der Waals surface area contributed by atoms with Crippen LogP contribution >= 0.6 is 0 Å². The normalized spacial score (nSPS) is 13.7. The van der Waals surface area contributed by atoms with E-state index >= 15 is 0 Å². The zero-order chi connectivity index (χ0) is 22.8. The van der Waals surface area contributed by atoms with Crippen LogP contribution in [0.4, 0.5) is 11.4 Å². The van der Waals surface area contributed by atoms with Gasteiger partial charge in [-0.3, -0.25) is 9.59 Å². The Morgan fingerprint density at radius 3 is 2.59 bits per heavy atom. The molecule has 0 fully saturated rings. The van der Waals surface area contributed by atoms with Crippen LogP contribution in [0.3, 0.4) is 0 Å².